The Morgan fingerprint density at radius 2 is 1.71 bits per heavy atom. The average Bonchev–Trinajstić information content (AvgIpc) is 3.33. The number of nitrogens with zero attached hydrogens (tertiary/aromatic N) is 3. The lowest BCUT2D eigenvalue weighted by Gasteiger charge is -2.36. The average molecular weight is 295 g/mol. The van der Waals surface area contributed by atoms with Gasteiger partial charge in [-0.05, 0) is 25.8 Å². The molecule has 0 bridgehead atoms. The van der Waals surface area contributed by atoms with Gasteiger partial charge in [0.05, 0.1) is 0 Å². The third kappa shape index (κ3) is 3.39. The summed E-state index contributed by atoms with van der Waals surface area (Å²) >= 11 is 0. The van der Waals surface area contributed by atoms with E-state index in [9.17, 15) is 9.59 Å². The van der Waals surface area contributed by atoms with E-state index in [1.165, 1.54) is 0 Å². The molecule has 1 aliphatic carbocycles. The summed E-state index contributed by atoms with van der Waals surface area (Å²) < 4.78 is 0. The number of carbonyl (C=O) groups is 2. The van der Waals surface area contributed by atoms with E-state index in [-0.39, 0.29) is 11.8 Å². The van der Waals surface area contributed by atoms with Crippen LogP contribution in [0.3, 0.4) is 0 Å². The summed E-state index contributed by atoms with van der Waals surface area (Å²) in [5.74, 6) is 0.116. The lowest BCUT2D eigenvalue weighted by atomic mass is 10.0. The zero-order chi connectivity index (χ0) is 15.5. The zero-order valence-corrected chi connectivity index (χ0v) is 13.7. The van der Waals surface area contributed by atoms with Crippen molar-refractivity contribution < 1.29 is 9.59 Å². The topological polar surface area (TPSA) is 43.9 Å². The highest BCUT2D eigenvalue weighted by Crippen LogP contribution is 2.48. The zero-order valence-electron chi connectivity index (χ0n) is 13.7. The highest BCUT2D eigenvalue weighted by molar-refractivity contribution is 6.07. The van der Waals surface area contributed by atoms with Crippen LogP contribution in [0.2, 0.25) is 0 Å². The molecule has 0 aromatic rings. The molecule has 120 valence electrons. The van der Waals surface area contributed by atoms with E-state index in [0.717, 1.165) is 65.0 Å². The van der Waals surface area contributed by atoms with Crippen molar-refractivity contribution in [2.45, 2.75) is 39.5 Å². The van der Waals surface area contributed by atoms with Crippen molar-refractivity contribution in [1.29, 1.82) is 0 Å². The Hall–Kier alpha value is -1.10. The second-order valence-corrected chi connectivity index (χ2v) is 6.39. The van der Waals surface area contributed by atoms with Crippen molar-refractivity contribution in [3.8, 4) is 0 Å². The second-order valence-electron chi connectivity index (χ2n) is 6.39. The van der Waals surface area contributed by atoms with E-state index in [4.69, 9.17) is 0 Å². The maximum Gasteiger partial charge on any atom is 0.238 e. The van der Waals surface area contributed by atoms with Crippen LogP contribution in [-0.4, -0.2) is 72.8 Å². The molecule has 1 aliphatic heterocycles. The first kappa shape index (κ1) is 16.3. The summed E-state index contributed by atoms with van der Waals surface area (Å²) in [7, 11) is 1.83. The fourth-order valence-corrected chi connectivity index (χ4v) is 3.08. The van der Waals surface area contributed by atoms with E-state index in [0.29, 0.717) is 0 Å². The molecular weight excluding hydrogens is 266 g/mol. The molecular formula is C16H29N3O2. The fourth-order valence-electron chi connectivity index (χ4n) is 3.08. The van der Waals surface area contributed by atoms with Gasteiger partial charge in [0.1, 0.15) is 5.41 Å². The van der Waals surface area contributed by atoms with Crippen LogP contribution in [0.1, 0.15) is 39.5 Å². The van der Waals surface area contributed by atoms with Gasteiger partial charge in [-0.25, -0.2) is 0 Å². The van der Waals surface area contributed by atoms with Crippen LogP contribution in [0.15, 0.2) is 0 Å². The minimum Gasteiger partial charge on any atom is -0.345 e. The standard InChI is InChI=1S/C16H29N3O2/c1-4-6-9-17(3)14(20)16(7-8-16)15(21)19-12-10-18(5-2)11-13-19/h4-13H2,1-3H3. The van der Waals surface area contributed by atoms with Crippen LogP contribution in [0, 0.1) is 5.41 Å². The van der Waals surface area contributed by atoms with Crippen LogP contribution in [0.4, 0.5) is 0 Å². The first-order valence-electron chi connectivity index (χ1n) is 8.32. The van der Waals surface area contributed by atoms with Crippen molar-refractivity contribution in [3.05, 3.63) is 0 Å². The third-order valence-corrected chi connectivity index (χ3v) is 4.87. The van der Waals surface area contributed by atoms with E-state index in [2.05, 4.69) is 18.7 Å². The Balaban J connectivity index is 1.93. The molecule has 0 aromatic heterocycles. The first-order chi connectivity index (χ1) is 10.0. The van der Waals surface area contributed by atoms with Gasteiger partial charge in [-0.2, -0.15) is 0 Å². The molecule has 0 N–H and O–H groups in total. The fraction of sp³-hybridized carbons (Fsp3) is 0.875. The molecule has 1 heterocycles. The Kier molecular flexibility index (Phi) is 5.25. The predicted octanol–water partition coefficient (Wildman–Crippen LogP) is 1.19. The summed E-state index contributed by atoms with van der Waals surface area (Å²) in [5, 5.41) is 0. The van der Waals surface area contributed by atoms with Crippen LogP contribution < -0.4 is 0 Å². The third-order valence-electron chi connectivity index (χ3n) is 4.87. The van der Waals surface area contributed by atoms with E-state index >= 15 is 0 Å². The van der Waals surface area contributed by atoms with E-state index < -0.39 is 5.41 Å². The summed E-state index contributed by atoms with van der Waals surface area (Å²) in [4.78, 5) is 31.4. The quantitative estimate of drug-likeness (QED) is 0.691. The van der Waals surface area contributed by atoms with Gasteiger partial charge < -0.3 is 14.7 Å². The van der Waals surface area contributed by atoms with Gasteiger partial charge in [-0.15, -0.1) is 0 Å². The van der Waals surface area contributed by atoms with Gasteiger partial charge in [-0.3, -0.25) is 9.59 Å². The van der Waals surface area contributed by atoms with Crippen LogP contribution in [-0.2, 0) is 9.59 Å². The number of rotatable bonds is 6. The van der Waals surface area contributed by atoms with Gasteiger partial charge in [-0.1, -0.05) is 20.3 Å². The summed E-state index contributed by atoms with van der Waals surface area (Å²) in [6.07, 6.45) is 3.53. The Morgan fingerprint density at radius 3 is 2.19 bits per heavy atom. The molecule has 21 heavy (non-hydrogen) atoms. The van der Waals surface area contributed by atoms with Gasteiger partial charge in [0.25, 0.3) is 0 Å². The normalized spacial score (nSPS) is 21.2. The number of hydrogen-bond acceptors (Lipinski definition) is 3. The van der Waals surface area contributed by atoms with Crippen LogP contribution in [0.5, 0.6) is 0 Å². The lowest BCUT2D eigenvalue weighted by Crippen LogP contribution is -2.53. The predicted molar refractivity (Wildman–Crippen MR) is 82.9 cm³/mol. The lowest BCUT2D eigenvalue weighted by molar-refractivity contribution is -0.149. The molecule has 2 aliphatic rings. The molecule has 0 unspecified atom stereocenters. The van der Waals surface area contributed by atoms with Crippen LogP contribution >= 0.6 is 0 Å². The summed E-state index contributed by atoms with van der Waals surface area (Å²) in [5.41, 5.74) is -0.711. The van der Waals surface area contributed by atoms with Crippen molar-refractivity contribution in [3.63, 3.8) is 0 Å². The molecule has 0 radical (unpaired) electrons. The number of unbranched alkanes of at least 4 members (excludes halogenated alkanes) is 1. The van der Waals surface area contributed by atoms with Gasteiger partial charge in [0, 0.05) is 39.8 Å². The summed E-state index contributed by atoms with van der Waals surface area (Å²) in [6.45, 7) is 9.44. The SMILES string of the molecule is CCCCN(C)C(=O)C1(C(=O)N2CCN(CC)CC2)CC1. The van der Waals surface area contributed by atoms with E-state index in [1.54, 1.807) is 4.90 Å². The smallest absolute Gasteiger partial charge is 0.238 e. The second kappa shape index (κ2) is 6.77. The van der Waals surface area contributed by atoms with Crippen LogP contribution in [0.25, 0.3) is 0 Å². The van der Waals surface area contributed by atoms with Crippen molar-refractivity contribution in [2.75, 3.05) is 46.3 Å². The number of piperazine rings is 1. The van der Waals surface area contributed by atoms with Crippen molar-refractivity contribution >= 4 is 11.8 Å². The Bertz CT molecular complexity index is 385. The first-order valence-corrected chi connectivity index (χ1v) is 8.32. The Morgan fingerprint density at radius 1 is 1.10 bits per heavy atom. The molecule has 5 heteroatoms. The highest BCUT2D eigenvalue weighted by atomic mass is 16.2. The van der Waals surface area contributed by atoms with Gasteiger partial charge in [0.15, 0.2) is 0 Å². The van der Waals surface area contributed by atoms with E-state index in [1.807, 2.05) is 11.9 Å². The number of carbonyl (C=O) groups excluding carboxylic acids is 2. The minimum absolute atomic E-state index is 0.0406. The maximum absolute atomic E-state index is 12.8. The number of likely N-dealkylation sites (N-methyl/N-ethyl adjacent to an activating group) is 1. The maximum atomic E-state index is 12.8. The molecule has 0 spiro atoms. The largest absolute Gasteiger partial charge is 0.345 e. The highest BCUT2D eigenvalue weighted by Gasteiger charge is 2.58. The molecule has 2 rings (SSSR count). The van der Waals surface area contributed by atoms with Gasteiger partial charge >= 0.3 is 0 Å². The molecule has 0 atom stereocenters. The molecule has 1 saturated heterocycles. The summed E-state index contributed by atoms with van der Waals surface area (Å²) in [6, 6.07) is 0. The minimum atomic E-state index is -0.711. The molecule has 5 nitrogen and oxygen atoms in total. The number of amides is 2. The molecule has 2 amide bonds. The Labute approximate surface area is 128 Å². The number of hydrogen-bond donors (Lipinski definition) is 0. The van der Waals surface area contributed by atoms with Gasteiger partial charge in [0.2, 0.25) is 11.8 Å². The van der Waals surface area contributed by atoms with Crippen molar-refractivity contribution in [2.24, 2.45) is 5.41 Å². The molecule has 1 saturated carbocycles. The molecule has 2 fully saturated rings. The van der Waals surface area contributed by atoms with Crippen molar-refractivity contribution in [1.82, 2.24) is 14.7 Å². The monoisotopic (exact) mass is 295 g/mol. The molecule has 0 aromatic carbocycles.